The number of benzene rings is 1. The first kappa shape index (κ1) is 13.8. The molecule has 0 radical (unpaired) electrons. The number of rotatable bonds is 4. The van der Waals surface area contributed by atoms with E-state index in [0.29, 0.717) is 12.1 Å². The fraction of sp³-hybridized carbons (Fsp3) is 0.250. The highest BCUT2D eigenvalue weighted by molar-refractivity contribution is 7.99. The van der Waals surface area contributed by atoms with Crippen molar-refractivity contribution < 1.29 is 4.79 Å². The topological polar surface area (TPSA) is 30.0 Å². The van der Waals surface area contributed by atoms with Crippen molar-refractivity contribution in [3.8, 4) is 0 Å². The van der Waals surface area contributed by atoms with Gasteiger partial charge in [-0.15, -0.1) is 0 Å². The lowest BCUT2D eigenvalue weighted by molar-refractivity contribution is 0.0983. The van der Waals surface area contributed by atoms with Gasteiger partial charge in [0.2, 0.25) is 0 Å². The summed E-state index contributed by atoms with van der Waals surface area (Å²) in [4.78, 5) is 18.0. The summed E-state index contributed by atoms with van der Waals surface area (Å²) in [5, 5.41) is 0. The first-order valence-electron chi connectivity index (χ1n) is 6.34. The SMILES string of the molecule is CCC(=O)c1ccc(Sc2ccc(C)c(C)c2)cn1. The number of hydrogen-bond donors (Lipinski definition) is 0. The Morgan fingerprint density at radius 3 is 2.42 bits per heavy atom. The Morgan fingerprint density at radius 1 is 1.11 bits per heavy atom. The number of aryl methyl sites for hydroxylation is 2. The molecule has 2 rings (SSSR count). The van der Waals surface area contributed by atoms with Crippen LogP contribution in [0.4, 0.5) is 0 Å². The van der Waals surface area contributed by atoms with Crippen molar-refractivity contribution in [2.45, 2.75) is 37.0 Å². The Hall–Kier alpha value is -1.61. The van der Waals surface area contributed by atoms with Crippen molar-refractivity contribution in [3.63, 3.8) is 0 Å². The van der Waals surface area contributed by atoms with Crippen LogP contribution in [0.15, 0.2) is 46.3 Å². The summed E-state index contributed by atoms with van der Waals surface area (Å²) in [6, 6.07) is 10.2. The van der Waals surface area contributed by atoms with E-state index >= 15 is 0 Å². The van der Waals surface area contributed by atoms with Gasteiger partial charge >= 0.3 is 0 Å². The van der Waals surface area contributed by atoms with Gasteiger partial charge in [0.15, 0.2) is 5.78 Å². The van der Waals surface area contributed by atoms with Gasteiger partial charge in [-0.05, 0) is 49.2 Å². The van der Waals surface area contributed by atoms with Gasteiger partial charge in [0.25, 0.3) is 0 Å². The largest absolute Gasteiger partial charge is 0.292 e. The molecule has 0 aliphatic heterocycles. The maximum Gasteiger partial charge on any atom is 0.180 e. The van der Waals surface area contributed by atoms with Gasteiger partial charge in [0.1, 0.15) is 5.69 Å². The Morgan fingerprint density at radius 2 is 1.84 bits per heavy atom. The van der Waals surface area contributed by atoms with Gasteiger partial charge in [0, 0.05) is 22.4 Å². The minimum atomic E-state index is 0.0859. The van der Waals surface area contributed by atoms with Gasteiger partial charge in [-0.25, -0.2) is 0 Å². The number of nitrogens with zero attached hydrogens (tertiary/aromatic N) is 1. The lowest BCUT2D eigenvalue weighted by atomic mass is 10.1. The zero-order valence-electron chi connectivity index (χ0n) is 11.4. The second kappa shape index (κ2) is 6.02. The van der Waals surface area contributed by atoms with E-state index < -0.39 is 0 Å². The predicted molar refractivity (Wildman–Crippen MR) is 78.9 cm³/mol. The zero-order chi connectivity index (χ0) is 13.8. The lowest BCUT2D eigenvalue weighted by Crippen LogP contribution is -1.99. The summed E-state index contributed by atoms with van der Waals surface area (Å²) >= 11 is 1.66. The standard InChI is InChI=1S/C16H17NOS/c1-4-16(18)15-8-7-14(10-17-15)19-13-6-5-11(2)12(3)9-13/h5-10H,4H2,1-3H3. The highest BCUT2D eigenvalue weighted by atomic mass is 32.2. The molecule has 0 saturated heterocycles. The maximum absolute atomic E-state index is 11.5. The summed E-state index contributed by atoms with van der Waals surface area (Å²) in [6.07, 6.45) is 2.26. The minimum Gasteiger partial charge on any atom is -0.292 e. The number of carbonyl (C=O) groups is 1. The Labute approximate surface area is 118 Å². The summed E-state index contributed by atoms with van der Waals surface area (Å²) in [5.74, 6) is 0.0859. The average molecular weight is 271 g/mol. The van der Waals surface area contributed by atoms with Crippen molar-refractivity contribution in [1.82, 2.24) is 4.98 Å². The third kappa shape index (κ3) is 3.44. The lowest BCUT2D eigenvalue weighted by Gasteiger charge is -2.05. The molecule has 3 heteroatoms. The number of aromatic nitrogens is 1. The quantitative estimate of drug-likeness (QED) is 0.770. The summed E-state index contributed by atoms with van der Waals surface area (Å²) < 4.78 is 0. The maximum atomic E-state index is 11.5. The minimum absolute atomic E-state index is 0.0859. The smallest absolute Gasteiger partial charge is 0.180 e. The Bertz CT molecular complexity index is 590. The molecule has 0 aliphatic carbocycles. The molecule has 0 bridgehead atoms. The predicted octanol–water partition coefficient (Wildman–Crippen LogP) is 4.44. The first-order valence-corrected chi connectivity index (χ1v) is 7.16. The van der Waals surface area contributed by atoms with Crippen LogP contribution in [0.5, 0.6) is 0 Å². The number of pyridine rings is 1. The van der Waals surface area contributed by atoms with Gasteiger partial charge in [-0.2, -0.15) is 0 Å². The van der Waals surface area contributed by atoms with E-state index in [-0.39, 0.29) is 5.78 Å². The first-order chi connectivity index (χ1) is 9.10. The molecule has 0 unspecified atom stereocenters. The van der Waals surface area contributed by atoms with Crippen molar-refractivity contribution in [2.75, 3.05) is 0 Å². The molecule has 2 aromatic rings. The molecule has 0 spiro atoms. The van der Waals surface area contributed by atoms with Crippen molar-refractivity contribution in [1.29, 1.82) is 0 Å². The third-order valence-corrected chi connectivity index (χ3v) is 4.02. The molecular formula is C16H17NOS. The van der Waals surface area contributed by atoms with Gasteiger partial charge in [-0.1, -0.05) is 24.8 Å². The highest BCUT2D eigenvalue weighted by Crippen LogP contribution is 2.28. The second-order valence-electron chi connectivity index (χ2n) is 4.50. The zero-order valence-corrected chi connectivity index (χ0v) is 12.3. The monoisotopic (exact) mass is 271 g/mol. The van der Waals surface area contributed by atoms with Crippen LogP contribution in [-0.2, 0) is 0 Å². The van der Waals surface area contributed by atoms with E-state index in [1.165, 1.54) is 16.0 Å². The molecule has 0 N–H and O–H groups in total. The van der Waals surface area contributed by atoms with Crippen LogP contribution >= 0.6 is 11.8 Å². The van der Waals surface area contributed by atoms with E-state index in [1.807, 2.05) is 13.0 Å². The number of hydrogen-bond acceptors (Lipinski definition) is 3. The van der Waals surface area contributed by atoms with E-state index in [2.05, 4.69) is 37.0 Å². The fourth-order valence-corrected chi connectivity index (χ4v) is 2.59. The summed E-state index contributed by atoms with van der Waals surface area (Å²) in [5.41, 5.74) is 3.13. The average Bonchev–Trinajstić information content (AvgIpc) is 2.43. The van der Waals surface area contributed by atoms with Crippen LogP contribution in [0.25, 0.3) is 0 Å². The number of ketones is 1. The summed E-state index contributed by atoms with van der Waals surface area (Å²) in [6.45, 7) is 6.07. The fourth-order valence-electron chi connectivity index (χ4n) is 1.70. The molecular weight excluding hydrogens is 254 g/mol. The number of Topliss-reactive ketones (excluding diaryl/α,β-unsaturated/α-hetero) is 1. The normalized spacial score (nSPS) is 10.5. The van der Waals surface area contributed by atoms with Crippen molar-refractivity contribution >= 4 is 17.5 Å². The van der Waals surface area contributed by atoms with Crippen LogP contribution in [-0.4, -0.2) is 10.8 Å². The van der Waals surface area contributed by atoms with Gasteiger partial charge in [-0.3, -0.25) is 9.78 Å². The van der Waals surface area contributed by atoms with E-state index in [4.69, 9.17) is 0 Å². The number of carbonyl (C=O) groups excluding carboxylic acids is 1. The van der Waals surface area contributed by atoms with Crippen LogP contribution < -0.4 is 0 Å². The van der Waals surface area contributed by atoms with Crippen molar-refractivity contribution in [3.05, 3.63) is 53.3 Å². The molecule has 0 fully saturated rings. The van der Waals surface area contributed by atoms with E-state index in [1.54, 1.807) is 24.0 Å². The molecule has 1 aromatic carbocycles. The molecule has 2 nitrogen and oxygen atoms in total. The molecule has 0 atom stereocenters. The summed E-state index contributed by atoms with van der Waals surface area (Å²) in [7, 11) is 0. The van der Waals surface area contributed by atoms with E-state index in [0.717, 1.165) is 4.90 Å². The van der Waals surface area contributed by atoms with Crippen LogP contribution in [0.2, 0.25) is 0 Å². The molecule has 1 heterocycles. The molecule has 0 saturated carbocycles. The molecule has 0 aliphatic rings. The van der Waals surface area contributed by atoms with E-state index in [9.17, 15) is 4.79 Å². The Kier molecular flexibility index (Phi) is 4.38. The highest BCUT2D eigenvalue weighted by Gasteiger charge is 2.05. The van der Waals surface area contributed by atoms with Crippen LogP contribution in [0, 0.1) is 13.8 Å². The molecule has 1 aromatic heterocycles. The Balaban J connectivity index is 2.15. The molecule has 0 amide bonds. The van der Waals surface area contributed by atoms with Gasteiger partial charge in [0.05, 0.1) is 0 Å². The third-order valence-electron chi connectivity index (χ3n) is 3.06. The second-order valence-corrected chi connectivity index (χ2v) is 5.65. The van der Waals surface area contributed by atoms with Crippen LogP contribution in [0.3, 0.4) is 0 Å². The van der Waals surface area contributed by atoms with Crippen LogP contribution in [0.1, 0.15) is 35.0 Å². The van der Waals surface area contributed by atoms with Gasteiger partial charge < -0.3 is 0 Å². The van der Waals surface area contributed by atoms with Crippen molar-refractivity contribution in [2.24, 2.45) is 0 Å². The molecule has 19 heavy (non-hydrogen) atoms. The molecule has 98 valence electrons.